The predicted octanol–water partition coefficient (Wildman–Crippen LogP) is 4.96. The van der Waals surface area contributed by atoms with Crippen LogP contribution in [-0.4, -0.2) is 16.1 Å². The van der Waals surface area contributed by atoms with Crippen LogP contribution in [0, 0.1) is 6.92 Å². The van der Waals surface area contributed by atoms with Crippen LogP contribution in [0.3, 0.4) is 0 Å². The molecule has 0 unspecified atom stereocenters. The second-order valence-electron chi connectivity index (χ2n) is 7.42. The summed E-state index contributed by atoms with van der Waals surface area (Å²) in [6, 6.07) is 26.0. The second kappa shape index (κ2) is 6.58. The summed E-state index contributed by atoms with van der Waals surface area (Å²) in [7, 11) is 0. The number of fused-ring (bicyclic) bond motifs is 2. The van der Waals surface area contributed by atoms with E-state index in [1.165, 1.54) is 27.8 Å². The molecule has 0 spiro atoms. The number of anilines is 1. The second-order valence-corrected chi connectivity index (χ2v) is 7.42. The molecule has 2 heterocycles. The zero-order chi connectivity index (χ0) is 18.2. The standard InChI is InChI=1S/C24H23N3/c1-18-11-12-23-22(15-18)25-24(27(23)16-19-7-3-2-4-8-19)26-14-13-20-9-5-6-10-21(20)17-26/h2-12,15H,13-14,16-17H2,1H3. The van der Waals surface area contributed by atoms with Crippen LogP contribution in [0.4, 0.5) is 5.95 Å². The Hall–Kier alpha value is -3.07. The van der Waals surface area contributed by atoms with Crippen LogP contribution in [0.1, 0.15) is 22.3 Å². The summed E-state index contributed by atoms with van der Waals surface area (Å²) in [5.74, 6) is 1.08. The first-order chi connectivity index (χ1) is 13.3. The van der Waals surface area contributed by atoms with Crippen LogP contribution in [0.2, 0.25) is 0 Å². The maximum absolute atomic E-state index is 5.06. The van der Waals surface area contributed by atoms with E-state index in [1.807, 2.05) is 0 Å². The molecule has 0 radical (unpaired) electrons. The van der Waals surface area contributed by atoms with Gasteiger partial charge in [-0.15, -0.1) is 0 Å². The van der Waals surface area contributed by atoms with Crippen LogP contribution >= 0.6 is 0 Å². The minimum atomic E-state index is 0.841. The van der Waals surface area contributed by atoms with Gasteiger partial charge < -0.3 is 9.47 Å². The van der Waals surface area contributed by atoms with Crippen LogP contribution < -0.4 is 4.90 Å². The Morgan fingerprint density at radius 3 is 2.52 bits per heavy atom. The summed E-state index contributed by atoms with van der Waals surface area (Å²) in [6.07, 6.45) is 1.07. The Balaban J connectivity index is 1.60. The number of benzene rings is 3. The van der Waals surface area contributed by atoms with E-state index in [0.29, 0.717) is 0 Å². The molecule has 0 saturated heterocycles. The van der Waals surface area contributed by atoms with Crippen LogP contribution in [-0.2, 0) is 19.5 Å². The van der Waals surface area contributed by atoms with Crippen LogP contribution in [0.5, 0.6) is 0 Å². The van der Waals surface area contributed by atoms with E-state index in [1.54, 1.807) is 0 Å². The van der Waals surface area contributed by atoms with Crippen molar-refractivity contribution in [3.63, 3.8) is 0 Å². The molecule has 3 aromatic carbocycles. The normalized spacial score (nSPS) is 13.7. The SMILES string of the molecule is Cc1ccc2c(c1)nc(N1CCc3ccccc3C1)n2Cc1ccccc1. The topological polar surface area (TPSA) is 21.1 Å². The maximum Gasteiger partial charge on any atom is 0.207 e. The molecule has 1 aromatic heterocycles. The molecule has 0 bridgehead atoms. The molecule has 1 aliphatic heterocycles. The van der Waals surface area contributed by atoms with Crippen molar-refractivity contribution < 1.29 is 0 Å². The van der Waals surface area contributed by atoms with Crippen molar-refractivity contribution in [1.82, 2.24) is 9.55 Å². The molecule has 3 heteroatoms. The Morgan fingerprint density at radius 2 is 1.67 bits per heavy atom. The lowest BCUT2D eigenvalue weighted by molar-refractivity contribution is 0.677. The van der Waals surface area contributed by atoms with Crippen LogP contribution in [0.25, 0.3) is 11.0 Å². The fourth-order valence-corrected chi connectivity index (χ4v) is 4.06. The van der Waals surface area contributed by atoms with E-state index in [-0.39, 0.29) is 0 Å². The van der Waals surface area contributed by atoms with Crippen LogP contribution in [0.15, 0.2) is 72.8 Å². The molecule has 1 aliphatic rings. The van der Waals surface area contributed by atoms with Gasteiger partial charge in [0.1, 0.15) is 0 Å². The van der Waals surface area contributed by atoms with Gasteiger partial charge in [0.25, 0.3) is 0 Å². The number of aromatic nitrogens is 2. The Kier molecular flexibility index (Phi) is 3.93. The Labute approximate surface area is 159 Å². The molecule has 0 fully saturated rings. The monoisotopic (exact) mass is 353 g/mol. The highest BCUT2D eigenvalue weighted by atomic mass is 15.3. The summed E-state index contributed by atoms with van der Waals surface area (Å²) in [5.41, 5.74) is 7.73. The van der Waals surface area contributed by atoms with Gasteiger partial charge in [0.05, 0.1) is 17.6 Å². The quantitative estimate of drug-likeness (QED) is 0.519. The summed E-state index contributed by atoms with van der Waals surface area (Å²) in [6.45, 7) is 4.90. The van der Waals surface area contributed by atoms with E-state index in [2.05, 4.69) is 89.2 Å². The van der Waals surface area contributed by atoms with Gasteiger partial charge in [0.2, 0.25) is 5.95 Å². The fraction of sp³-hybridized carbons (Fsp3) is 0.208. The van der Waals surface area contributed by atoms with Gasteiger partial charge in [-0.25, -0.2) is 4.98 Å². The fourth-order valence-electron chi connectivity index (χ4n) is 4.06. The molecular weight excluding hydrogens is 330 g/mol. The minimum absolute atomic E-state index is 0.841. The highest BCUT2D eigenvalue weighted by molar-refractivity contribution is 5.80. The smallest absolute Gasteiger partial charge is 0.207 e. The first-order valence-corrected chi connectivity index (χ1v) is 9.60. The van der Waals surface area contributed by atoms with Crippen molar-refractivity contribution in [2.45, 2.75) is 26.4 Å². The third-order valence-corrected chi connectivity index (χ3v) is 5.48. The van der Waals surface area contributed by atoms with Gasteiger partial charge in [-0.3, -0.25) is 0 Å². The average Bonchev–Trinajstić information content (AvgIpc) is 3.06. The molecule has 5 rings (SSSR count). The molecule has 3 nitrogen and oxygen atoms in total. The van der Waals surface area contributed by atoms with Gasteiger partial charge >= 0.3 is 0 Å². The zero-order valence-electron chi connectivity index (χ0n) is 15.6. The van der Waals surface area contributed by atoms with E-state index < -0.39 is 0 Å². The molecular formula is C24H23N3. The summed E-state index contributed by atoms with van der Waals surface area (Å²) >= 11 is 0. The van der Waals surface area contributed by atoms with E-state index in [0.717, 1.165) is 37.5 Å². The van der Waals surface area contributed by atoms with Gasteiger partial charge in [0.15, 0.2) is 0 Å². The Bertz CT molecular complexity index is 1100. The predicted molar refractivity (Wildman–Crippen MR) is 111 cm³/mol. The average molecular weight is 353 g/mol. The third kappa shape index (κ3) is 2.99. The number of hydrogen-bond acceptors (Lipinski definition) is 2. The maximum atomic E-state index is 5.06. The molecule has 4 aromatic rings. The number of imidazole rings is 1. The molecule has 0 amide bonds. The largest absolute Gasteiger partial charge is 0.338 e. The molecule has 0 atom stereocenters. The van der Waals surface area contributed by atoms with Gasteiger partial charge in [-0.2, -0.15) is 0 Å². The highest BCUT2D eigenvalue weighted by Gasteiger charge is 2.22. The van der Waals surface area contributed by atoms with Gasteiger partial charge in [0, 0.05) is 13.1 Å². The van der Waals surface area contributed by atoms with Crippen molar-refractivity contribution in [3.05, 3.63) is 95.1 Å². The lowest BCUT2D eigenvalue weighted by Crippen LogP contribution is -2.32. The van der Waals surface area contributed by atoms with E-state index in [9.17, 15) is 0 Å². The first kappa shape index (κ1) is 16.1. The molecule has 134 valence electrons. The summed E-state index contributed by atoms with van der Waals surface area (Å²) in [5, 5.41) is 0. The lowest BCUT2D eigenvalue weighted by atomic mass is 10.0. The van der Waals surface area contributed by atoms with Gasteiger partial charge in [-0.1, -0.05) is 60.7 Å². The molecule has 27 heavy (non-hydrogen) atoms. The van der Waals surface area contributed by atoms with Gasteiger partial charge in [-0.05, 0) is 47.7 Å². The summed E-state index contributed by atoms with van der Waals surface area (Å²) < 4.78 is 2.37. The van der Waals surface area contributed by atoms with Crippen molar-refractivity contribution >= 4 is 17.0 Å². The van der Waals surface area contributed by atoms with Crippen molar-refractivity contribution in [2.75, 3.05) is 11.4 Å². The highest BCUT2D eigenvalue weighted by Crippen LogP contribution is 2.29. The number of aryl methyl sites for hydroxylation is 1. The summed E-state index contributed by atoms with van der Waals surface area (Å²) in [4.78, 5) is 7.49. The first-order valence-electron chi connectivity index (χ1n) is 9.60. The molecule has 0 N–H and O–H groups in total. The van der Waals surface area contributed by atoms with Crippen molar-refractivity contribution in [1.29, 1.82) is 0 Å². The van der Waals surface area contributed by atoms with Crippen molar-refractivity contribution in [3.8, 4) is 0 Å². The minimum Gasteiger partial charge on any atom is -0.338 e. The molecule has 0 saturated carbocycles. The van der Waals surface area contributed by atoms with E-state index >= 15 is 0 Å². The van der Waals surface area contributed by atoms with E-state index in [4.69, 9.17) is 4.98 Å². The zero-order valence-corrected chi connectivity index (χ0v) is 15.6. The number of hydrogen-bond donors (Lipinski definition) is 0. The van der Waals surface area contributed by atoms with Crippen molar-refractivity contribution in [2.24, 2.45) is 0 Å². The Morgan fingerprint density at radius 1 is 0.889 bits per heavy atom. The lowest BCUT2D eigenvalue weighted by Gasteiger charge is -2.30. The number of nitrogens with zero attached hydrogens (tertiary/aromatic N) is 3. The third-order valence-electron chi connectivity index (χ3n) is 5.48. The molecule has 0 aliphatic carbocycles. The number of rotatable bonds is 3.